The fourth-order valence-corrected chi connectivity index (χ4v) is 3.01. The minimum atomic E-state index is 0.439. The lowest BCUT2D eigenvalue weighted by Crippen LogP contribution is -2.35. The van der Waals surface area contributed by atoms with Crippen molar-refractivity contribution in [1.29, 1.82) is 0 Å². The zero-order valence-electron chi connectivity index (χ0n) is 10.0. The Bertz CT molecular complexity index is 385. The zero-order chi connectivity index (χ0) is 12.5. The van der Waals surface area contributed by atoms with Crippen molar-refractivity contribution in [1.82, 2.24) is 0 Å². The minimum Gasteiger partial charge on any atom is -0.399 e. The quantitative estimate of drug-likeness (QED) is 0.789. The molecule has 0 saturated heterocycles. The zero-order valence-corrected chi connectivity index (χ0v) is 11.5. The molecule has 0 atom stereocenters. The number of benzene rings is 1. The molecule has 0 unspecified atom stereocenters. The standard InChI is InChI=1S/C13H18Cl2N2/c1-2-13(4-3-5-13)8-17-12-10(14)6-9(16)7-11(12)15/h6-7,17H,2-5,8,16H2,1H3. The van der Waals surface area contributed by atoms with Crippen LogP contribution >= 0.6 is 23.2 Å². The lowest BCUT2D eigenvalue weighted by atomic mass is 9.67. The molecule has 1 aromatic rings. The van der Waals surface area contributed by atoms with E-state index in [2.05, 4.69) is 12.2 Å². The molecule has 1 saturated carbocycles. The minimum absolute atomic E-state index is 0.439. The summed E-state index contributed by atoms with van der Waals surface area (Å²) in [6.07, 6.45) is 5.12. The van der Waals surface area contributed by atoms with Crippen molar-refractivity contribution in [3.63, 3.8) is 0 Å². The summed E-state index contributed by atoms with van der Waals surface area (Å²) < 4.78 is 0. The number of nitrogen functional groups attached to an aromatic ring is 1. The molecule has 1 aliphatic rings. The van der Waals surface area contributed by atoms with E-state index in [9.17, 15) is 0 Å². The lowest BCUT2D eigenvalue weighted by Gasteiger charge is -2.41. The van der Waals surface area contributed by atoms with Gasteiger partial charge in [0.15, 0.2) is 0 Å². The molecule has 0 amide bonds. The maximum Gasteiger partial charge on any atom is 0.0720 e. The van der Waals surface area contributed by atoms with Crippen molar-refractivity contribution >= 4 is 34.6 Å². The predicted octanol–water partition coefficient (Wildman–Crippen LogP) is 4.57. The number of halogens is 2. The first-order valence-corrected chi connectivity index (χ1v) is 6.80. The van der Waals surface area contributed by atoms with Crippen molar-refractivity contribution in [3.8, 4) is 0 Å². The molecule has 0 radical (unpaired) electrons. The van der Waals surface area contributed by atoms with Crippen molar-refractivity contribution in [2.45, 2.75) is 32.6 Å². The number of nitrogens with two attached hydrogens (primary N) is 1. The first kappa shape index (κ1) is 12.8. The Morgan fingerprint density at radius 1 is 1.29 bits per heavy atom. The van der Waals surface area contributed by atoms with Crippen molar-refractivity contribution < 1.29 is 0 Å². The third kappa shape index (κ3) is 2.63. The van der Waals surface area contributed by atoms with E-state index in [1.165, 1.54) is 25.7 Å². The van der Waals surface area contributed by atoms with Crippen LogP contribution in [0.3, 0.4) is 0 Å². The Morgan fingerprint density at radius 2 is 1.88 bits per heavy atom. The average molecular weight is 273 g/mol. The van der Waals surface area contributed by atoms with Gasteiger partial charge in [0, 0.05) is 12.2 Å². The van der Waals surface area contributed by atoms with Crippen LogP contribution in [-0.4, -0.2) is 6.54 Å². The Labute approximate surface area is 112 Å². The lowest BCUT2D eigenvalue weighted by molar-refractivity contribution is 0.145. The molecule has 0 spiro atoms. The maximum absolute atomic E-state index is 6.14. The van der Waals surface area contributed by atoms with Gasteiger partial charge >= 0.3 is 0 Å². The SMILES string of the molecule is CCC1(CNc2c(Cl)cc(N)cc2Cl)CCC1. The van der Waals surface area contributed by atoms with Crippen LogP contribution in [-0.2, 0) is 0 Å². The van der Waals surface area contributed by atoms with Crippen LogP contribution in [0, 0.1) is 5.41 Å². The smallest absolute Gasteiger partial charge is 0.0720 e. The van der Waals surface area contributed by atoms with Crippen LogP contribution in [0.5, 0.6) is 0 Å². The predicted molar refractivity (Wildman–Crippen MR) is 75.9 cm³/mol. The molecule has 0 aliphatic heterocycles. The first-order valence-electron chi connectivity index (χ1n) is 6.05. The highest BCUT2D eigenvalue weighted by molar-refractivity contribution is 6.39. The van der Waals surface area contributed by atoms with Crippen LogP contribution in [0.1, 0.15) is 32.6 Å². The van der Waals surface area contributed by atoms with Crippen LogP contribution in [0.4, 0.5) is 11.4 Å². The summed E-state index contributed by atoms with van der Waals surface area (Å²) in [4.78, 5) is 0. The van der Waals surface area contributed by atoms with E-state index < -0.39 is 0 Å². The van der Waals surface area contributed by atoms with Crippen LogP contribution in [0.15, 0.2) is 12.1 Å². The molecule has 0 heterocycles. The van der Waals surface area contributed by atoms with E-state index in [4.69, 9.17) is 28.9 Å². The van der Waals surface area contributed by atoms with Crippen LogP contribution in [0.2, 0.25) is 10.0 Å². The van der Waals surface area contributed by atoms with Gasteiger partial charge in [-0.05, 0) is 36.8 Å². The van der Waals surface area contributed by atoms with Crippen molar-refractivity contribution in [3.05, 3.63) is 22.2 Å². The van der Waals surface area contributed by atoms with Gasteiger partial charge in [0.05, 0.1) is 15.7 Å². The van der Waals surface area contributed by atoms with Gasteiger partial charge in [0.2, 0.25) is 0 Å². The topological polar surface area (TPSA) is 38.0 Å². The normalized spacial score (nSPS) is 17.6. The van der Waals surface area contributed by atoms with Gasteiger partial charge in [-0.1, -0.05) is 36.5 Å². The maximum atomic E-state index is 6.14. The van der Waals surface area contributed by atoms with E-state index in [0.717, 1.165) is 12.2 Å². The Hall–Kier alpha value is -0.600. The van der Waals surface area contributed by atoms with Gasteiger partial charge in [-0.15, -0.1) is 0 Å². The van der Waals surface area contributed by atoms with Gasteiger partial charge in [-0.3, -0.25) is 0 Å². The van der Waals surface area contributed by atoms with E-state index >= 15 is 0 Å². The average Bonchev–Trinajstić information content (AvgIpc) is 2.19. The highest BCUT2D eigenvalue weighted by Gasteiger charge is 2.34. The third-order valence-corrected chi connectivity index (χ3v) is 4.46. The molecule has 1 aromatic carbocycles. The second-order valence-electron chi connectivity index (χ2n) is 4.92. The summed E-state index contributed by atoms with van der Waals surface area (Å²) in [5.41, 5.74) is 7.52. The van der Waals surface area contributed by atoms with Crippen LogP contribution < -0.4 is 11.1 Å². The Morgan fingerprint density at radius 3 is 2.29 bits per heavy atom. The second kappa shape index (κ2) is 4.95. The summed E-state index contributed by atoms with van der Waals surface area (Å²) >= 11 is 12.3. The Kier molecular flexibility index (Phi) is 3.74. The first-order chi connectivity index (χ1) is 8.06. The summed E-state index contributed by atoms with van der Waals surface area (Å²) in [5.74, 6) is 0. The summed E-state index contributed by atoms with van der Waals surface area (Å²) in [7, 11) is 0. The van der Waals surface area contributed by atoms with Gasteiger partial charge < -0.3 is 11.1 Å². The number of hydrogen-bond acceptors (Lipinski definition) is 2. The summed E-state index contributed by atoms with van der Waals surface area (Å²) in [6.45, 7) is 3.18. The summed E-state index contributed by atoms with van der Waals surface area (Å²) in [6, 6.07) is 3.46. The molecule has 4 heteroatoms. The number of anilines is 2. The van der Waals surface area contributed by atoms with E-state index in [1.807, 2.05) is 0 Å². The van der Waals surface area contributed by atoms with E-state index in [1.54, 1.807) is 12.1 Å². The van der Waals surface area contributed by atoms with Crippen LogP contribution in [0.25, 0.3) is 0 Å². The molecular formula is C13H18Cl2N2. The molecule has 2 rings (SSSR count). The van der Waals surface area contributed by atoms with Crippen molar-refractivity contribution in [2.75, 3.05) is 17.6 Å². The van der Waals surface area contributed by atoms with Gasteiger partial charge in [0.1, 0.15) is 0 Å². The van der Waals surface area contributed by atoms with E-state index in [0.29, 0.717) is 21.1 Å². The highest BCUT2D eigenvalue weighted by Crippen LogP contribution is 2.44. The highest BCUT2D eigenvalue weighted by atomic mass is 35.5. The fraction of sp³-hybridized carbons (Fsp3) is 0.538. The Balaban J connectivity index is 2.09. The van der Waals surface area contributed by atoms with Crippen molar-refractivity contribution in [2.24, 2.45) is 5.41 Å². The number of hydrogen-bond donors (Lipinski definition) is 2. The number of nitrogens with one attached hydrogen (secondary N) is 1. The van der Waals surface area contributed by atoms with Gasteiger partial charge in [-0.25, -0.2) is 0 Å². The molecule has 2 nitrogen and oxygen atoms in total. The fourth-order valence-electron chi connectivity index (χ4n) is 2.37. The molecule has 17 heavy (non-hydrogen) atoms. The molecule has 94 valence electrons. The van der Waals surface area contributed by atoms with Gasteiger partial charge in [0.25, 0.3) is 0 Å². The third-order valence-electron chi connectivity index (χ3n) is 3.87. The second-order valence-corrected chi connectivity index (χ2v) is 5.73. The monoisotopic (exact) mass is 272 g/mol. The van der Waals surface area contributed by atoms with Gasteiger partial charge in [-0.2, -0.15) is 0 Å². The molecule has 3 N–H and O–H groups in total. The molecule has 1 fully saturated rings. The molecule has 1 aliphatic carbocycles. The van der Waals surface area contributed by atoms with E-state index in [-0.39, 0.29) is 0 Å². The largest absolute Gasteiger partial charge is 0.399 e. The number of rotatable bonds is 4. The summed E-state index contributed by atoms with van der Waals surface area (Å²) in [5, 5.41) is 4.58. The molecule has 0 aromatic heterocycles. The molecule has 0 bridgehead atoms. The molecular weight excluding hydrogens is 255 g/mol.